The molecule has 0 bridgehead atoms. The van der Waals surface area contributed by atoms with Gasteiger partial charge in [0.05, 0.1) is 13.7 Å². The quantitative estimate of drug-likeness (QED) is 0.0590. The fraction of sp³-hybridized carbons (Fsp3) is 0.325. The number of esters is 3. The molecule has 2 saturated heterocycles. The maximum Gasteiger partial charge on any atom is 0.331 e. The number of ether oxygens (including phenoxy) is 7. The first-order valence-electron chi connectivity index (χ1n) is 17.6. The highest BCUT2D eigenvalue weighted by Gasteiger charge is 2.61. The largest absolute Gasteiger partial charge is 0.508 e. The zero-order chi connectivity index (χ0) is 42.0. The summed E-state index contributed by atoms with van der Waals surface area (Å²) in [5.74, 6) is -5.65. The molecule has 18 nitrogen and oxygen atoms in total. The lowest BCUT2D eigenvalue weighted by molar-refractivity contribution is -0.383. The Morgan fingerprint density at radius 1 is 0.707 bits per heavy atom. The predicted molar refractivity (Wildman–Crippen MR) is 198 cm³/mol. The van der Waals surface area contributed by atoms with Gasteiger partial charge >= 0.3 is 17.9 Å². The van der Waals surface area contributed by atoms with E-state index in [-0.39, 0.29) is 23.0 Å². The molecule has 2 fully saturated rings. The van der Waals surface area contributed by atoms with Crippen LogP contribution < -0.4 is 4.74 Å². The summed E-state index contributed by atoms with van der Waals surface area (Å²) in [6.07, 6.45) is -7.67. The molecule has 9 atom stereocenters. The number of phenols is 3. The van der Waals surface area contributed by atoms with Crippen molar-refractivity contribution in [2.75, 3.05) is 26.9 Å². The molecule has 0 aromatic heterocycles. The van der Waals surface area contributed by atoms with Crippen LogP contribution in [0.1, 0.15) is 16.7 Å². The lowest BCUT2D eigenvalue weighted by Crippen LogP contribution is -2.63. The molecule has 18 heteroatoms. The van der Waals surface area contributed by atoms with Crippen molar-refractivity contribution in [2.45, 2.75) is 54.8 Å². The lowest BCUT2D eigenvalue weighted by atomic mass is 9.99. The van der Waals surface area contributed by atoms with Crippen LogP contribution in [-0.2, 0) is 42.8 Å². The van der Waals surface area contributed by atoms with E-state index >= 15 is 0 Å². The fourth-order valence-electron chi connectivity index (χ4n) is 5.80. The third-order valence-corrected chi connectivity index (χ3v) is 8.93. The number of aromatic hydroxyl groups is 3. The van der Waals surface area contributed by atoms with Gasteiger partial charge in [0.2, 0.25) is 5.79 Å². The first-order valence-corrected chi connectivity index (χ1v) is 17.6. The Labute approximate surface area is 330 Å². The minimum Gasteiger partial charge on any atom is -0.508 e. The molecule has 0 saturated carbocycles. The first-order chi connectivity index (χ1) is 27.7. The molecule has 8 N–H and O–H groups in total. The van der Waals surface area contributed by atoms with Crippen molar-refractivity contribution in [3.63, 3.8) is 0 Å². The summed E-state index contributed by atoms with van der Waals surface area (Å²) >= 11 is 0. The van der Waals surface area contributed by atoms with Gasteiger partial charge in [-0.2, -0.15) is 0 Å². The second-order valence-corrected chi connectivity index (χ2v) is 13.0. The molecule has 310 valence electrons. The van der Waals surface area contributed by atoms with Gasteiger partial charge < -0.3 is 74.0 Å². The second kappa shape index (κ2) is 19.5. The highest BCUT2D eigenvalue weighted by molar-refractivity contribution is 5.88. The van der Waals surface area contributed by atoms with Crippen molar-refractivity contribution in [1.29, 1.82) is 0 Å². The van der Waals surface area contributed by atoms with Crippen LogP contribution in [0.3, 0.4) is 0 Å². The number of methoxy groups -OCH3 is 1. The Balaban J connectivity index is 1.42. The fourth-order valence-corrected chi connectivity index (χ4v) is 5.80. The van der Waals surface area contributed by atoms with E-state index in [1.165, 1.54) is 92.1 Å². The van der Waals surface area contributed by atoms with Gasteiger partial charge in [-0.15, -0.1) is 0 Å². The molecular formula is C40H42O18. The van der Waals surface area contributed by atoms with Crippen molar-refractivity contribution in [3.05, 3.63) is 102 Å². The molecule has 0 unspecified atom stereocenters. The number of aliphatic hydroxyl groups is 5. The predicted octanol–water partition coefficient (Wildman–Crippen LogP) is 0.523. The summed E-state index contributed by atoms with van der Waals surface area (Å²) < 4.78 is 38.8. The minimum atomic E-state index is -2.61. The molecule has 58 heavy (non-hydrogen) atoms. The summed E-state index contributed by atoms with van der Waals surface area (Å²) in [4.78, 5) is 39.0. The van der Waals surface area contributed by atoms with Gasteiger partial charge in [-0.3, -0.25) is 0 Å². The zero-order valence-electron chi connectivity index (χ0n) is 30.7. The Kier molecular flexibility index (Phi) is 14.6. The number of rotatable bonds is 15. The lowest BCUT2D eigenvalue weighted by Gasteiger charge is -2.43. The van der Waals surface area contributed by atoms with Crippen molar-refractivity contribution in [2.24, 2.45) is 0 Å². The summed E-state index contributed by atoms with van der Waals surface area (Å²) in [5.41, 5.74) is 1.42. The molecule has 0 aliphatic carbocycles. The third-order valence-electron chi connectivity index (χ3n) is 8.93. The maximum atomic E-state index is 13.1. The van der Waals surface area contributed by atoms with E-state index in [9.17, 15) is 55.2 Å². The minimum absolute atomic E-state index is 0.0141. The van der Waals surface area contributed by atoms with Gasteiger partial charge in [0, 0.05) is 18.2 Å². The summed E-state index contributed by atoms with van der Waals surface area (Å²) in [6, 6.07) is 15.8. The van der Waals surface area contributed by atoms with Crippen LogP contribution in [-0.4, -0.2) is 140 Å². The third kappa shape index (κ3) is 11.0. The monoisotopic (exact) mass is 810 g/mol. The Bertz CT molecular complexity index is 1960. The molecule has 2 aliphatic rings. The molecule has 3 aromatic rings. The number of hydrogen-bond donors (Lipinski definition) is 8. The Hall–Kier alpha value is -5.83. The SMILES string of the molecule is COc1cc(/C=C/C(=O)OC[C@H]2O[C@@](COC(=O)/C=C/c3ccc(O)cc3)(O[C@H]3O[C@H](CO)[C@H](O)[C@H](O)[C@H]3O)[C@@H](O)[C@@H]2OC(=O)/C=C/c2ccc(O)cc2)ccc1O. The van der Waals surface area contributed by atoms with E-state index in [1.807, 2.05) is 0 Å². The van der Waals surface area contributed by atoms with Gasteiger partial charge in [0.1, 0.15) is 55.2 Å². The zero-order valence-corrected chi connectivity index (χ0v) is 30.7. The maximum absolute atomic E-state index is 13.1. The second-order valence-electron chi connectivity index (χ2n) is 13.0. The topological polar surface area (TPSA) is 278 Å². The van der Waals surface area contributed by atoms with Crippen molar-refractivity contribution >= 4 is 36.1 Å². The number of phenolic OH excluding ortho intramolecular Hbond substituents is 3. The van der Waals surface area contributed by atoms with E-state index in [1.54, 1.807) is 0 Å². The normalized spacial score (nSPS) is 27.2. The van der Waals surface area contributed by atoms with Crippen LogP contribution in [0.4, 0.5) is 0 Å². The van der Waals surface area contributed by atoms with Crippen LogP contribution in [0.5, 0.6) is 23.0 Å². The van der Waals surface area contributed by atoms with Crippen LogP contribution >= 0.6 is 0 Å². The highest BCUT2D eigenvalue weighted by atomic mass is 16.8. The van der Waals surface area contributed by atoms with Crippen LogP contribution in [0.25, 0.3) is 18.2 Å². The average molecular weight is 811 g/mol. The van der Waals surface area contributed by atoms with Crippen molar-refractivity contribution in [1.82, 2.24) is 0 Å². The first kappa shape index (κ1) is 43.3. The van der Waals surface area contributed by atoms with Gasteiger partial charge in [0.15, 0.2) is 30.0 Å². The van der Waals surface area contributed by atoms with Crippen molar-refractivity contribution < 1.29 is 88.4 Å². The van der Waals surface area contributed by atoms with Gasteiger partial charge in [0.25, 0.3) is 0 Å². The number of benzene rings is 3. The summed E-state index contributed by atoms with van der Waals surface area (Å²) in [5, 5.41) is 82.2. The number of hydrogen-bond acceptors (Lipinski definition) is 18. The van der Waals surface area contributed by atoms with E-state index in [2.05, 4.69) is 0 Å². The van der Waals surface area contributed by atoms with Crippen LogP contribution in [0, 0.1) is 0 Å². The molecule has 3 aromatic carbocycles. The molecule has 5 rings (SSSR count). The standard InChI is InChI=1S/C40H42O18/c1-52-28-18-24(6-14-27(28)44)9-16-31(45)53-20-30-37(56-33(47)17-8-23-4-12-26(43)13-5-23)38(51)40(57-30,58-39-36(50)35(49)34(48)29(19-41)55-39)21-54-32(46)15-7-22-2-10-25(42)11-3-22/h2-18,29-30,34-39,41-44,48-51H,19-21H2,1H3/b15-7+,16-9+,17-8+/t29-,30-,34+,35+,36-,37-,38+,39-,40+/m1/s1. The van der Waals surface area contributed by atoms with E-state index < -0.39 is 92.5 Å². The van der Waals surface area contributed by atoms with E-state index in [4.69, 9.17) is 33.2 Å². The molecule has 0 spiro atoms. The van der Waals surface area contributed by atoms with Gasteiger partial charge in [-0.25, -0.2) is 14.4 Å². The van der Waals surface area contributed by atoms with Crippen LogP contribution in [0.15, 0.2) is 85.0 Å². The molecule has 0 radical (unpaired) electrons. The average Bonchev–Trinajstić information content (AvgIpc) is 3.47. The Morgan fingerprint density at radius 3 is 1.84 bits per heavy atom. The molecule has 2 heterocycles. The smallest absolute Gasteiger partial charge is 0.331 e. The summed E-state index contributed by atoms with van der Waals surface area (Å²) in [7, 11) is 1.34. The number of aliphatic hydroxyl groups excluding tert-OH is 5. The van der Waals surface area contributed by atoms with E-state index in [0.717, 1.165) is 18.2 Å². The molecule has 2 aliphatic heterocycles. The molecule has 0 amide bonds. The van der Waals surface area contributed by atoms with Gasteiger partial charge in [-0.05, 0) is 71.3 Å². The van der Waals surface area contributed by atoms with Crippen molar-refractivity contribution in [3.8, 4) is 23.0 Å². The highest BCUT2D eigenvalue weighted by Crippen LogP contribution is 2.38. The summed E-state index contributed by atoms with van der Waals surface area (Å²) in [6.45, 7) is -2.59. The van der Waals surface area contributed by atoms with Gasteiger partial charge in [-0.1, -0.05) is 30.3 Å². The number of carbonyl (C=O) groups excluding carboxylic acids is 3. The van der Waals surface area contributed by atoms with Crippen LogP contribution in [0.2, 0.25) is 0 Å². The van der Waals surface area contributed by atoms with E-state index in [0.29, 0.717) is 16.7 Å². The molecular weight excluding hydrogens is 768 g/mol. The Morgan fingerprint density at radius 2 is 1.26 bits per heavy atom. The number of carbonyl (C=O) groups is 3.